The third kappa shape index (κ3) is 4.32. The van der Waals surface area contributed by atoms with E-state index in [0.29, 0.717) is 11.8 Å². The van der Waals surface area contributed by atoms with Crippen LogP contribution in [0.1, 0.15) is 32.3 Å². The molecule has 1 aromatic rings. The summed E-state index contributed by atoms with van der Waals surface area (Å²) in [6, 6.07) is 4.96. The Balaban J connectivity index is 2.08. The second-order valence-corrected chi connectivity index (χ2v) is 7.76. The van der Waals surface area contributed by atoms with Gasteiger partial charge >= 0.3 is 0 Å². The highest BCUT2D eigenvalue weighted by Gasteiger charge is 2.18. The van der Waals surface area contributed by atoms with Crippen LogP contribution in [0.25, 0.3) is 0 Å². The molecule has 1 aliphatic rings. The molecule has 116 valence electrons. The van der Waals surface area contributed by atoms with Crippen molar-refractivity contribution in [2.45, 2.75) is 38.5 Å². The number of nitrogens with one attached hydrogen (secondary N) is 1. The average Bonchev–Trinajstić information content (AvgIpc) is 2.35. The average molecular weight is 308 g/mol. The smallest absolute Gasteiger partial charge is 0.238 e. The summed E-state index contributed by atoms with van der Waals surface area (Å²) in [7, 11) is -3.65. The van der Waals surface area contributed by atoms with Crippen molar-refractivity contribution in [1.29, 1.82) is 0 Å². The molecule has 0 aliphatic heterocycles. The van der Waals surface area contributed by atoms with E-state index >= 15 is 0 Å². The van der Waals surface area contributed by atoms with E-state index in [2.05, 4.69) is 25.2 Å². The summed E-state index contributed by atoms with van der Waals surface area (Å²) in [6.07, 6.45) is 4.60. The number of primary sulfonamides is 1. The van der Waals surface area contributed by atoms with Gasteiger partial charge in [0.25, 0.3) is 0 Å². The van der Waals surface area contributed by atoms with Crippen LogP contribution >= 0.6 is 0 Å². The van der Waals surface area contributed by atoms with Crippen LogP contribution in [0.5, 0.6) is 0 Å². The molecule has 0 spiro atoms. The van der Waals surface area contributed by atoms with E-state index in [1.54, 1.807) is 18.2 Å². The van der Waals surface area contributed by atoms with E-state index < -0.39 is 10.0 Å². The summed E-state index contributed by atoms with van der Waals surface area (Å²) in [4.78, 5) is 0.156. The molecule has 2 atom stereocenters. The Morgan fingerprint density at radius 2 is 2.05 bits per heavy atom. The van der Waals surface area contributed by atoms with E-state index in [0.717, 1.165) is 30.6 Å². The van der Waals surface area contributed by atoms with Crippen LogP contribution in [0.15, 0.2) is 34.7 Å². The predicted octanol–water partition coefficient (Wildman–Crippen LogP) is 3.05. The monoisotopic (exact) mass is 308 g/mol. The van der Waals surface area contributed by atoms with Crippen LogP contribution in [0, 0.1) is 18.8 Å². The van der Waals surface area contributed by atoms with Crippen molar-refractivity contribution in [1.82, 2.24) is 0 Å². The lowest BCUT2D eigenvalue weighted by Crippen LogP contribution is -2.21. The summed E-state index contributed by atoms with van der Waals surface area (Å²) in [5, 5.41) is 8.58. The van der Waals surface area contributed by atoms with E-state index in [1.165, 1.54) is 5.57 Å². The molecule has 0 saturated heterocycles. The molecule has 3 N–H and O–H groups in total. The van der Waals surface area contributed by atoms with Gasteiger partial charge in [-0.2, -0.15) is 0 Å². The van der Waals surface area contributed by atoms with Crippen molar-refractivity contribution in [2.75, 3.05) is 11.9 Å². The topological polar surface area (TPSA) is 72.2 Å². The van der Waals surface area contributed by atoms with Crippen LogP contribution in [-0.4, -0.2) is 15.0 Å². The number of allylic oxidation sites excluding steroid dienone is 2. The Kier molecular flexibility index (Phi) is 4.74. The van der Waals surface area contributed by atoms with Gasteiger partial charge in [-0.25, -0.2) is 13.6 Å². The molecule has 4 nitrogen and oxygen atoms in total. The number of rotatable bonds is 4. The molecular weight excluding hydrogens is 284 g/mol. The van der Waals surface area contributed by atoms with E-state index in [4.69, 9.17) is 5.14 Å². The van der Waals surface area contributed by atoms with Gasteiger partial charge in [-0.05, 0) is 56.2 Å². The molecule has 0 heterocycles. The second-order valence-electron chi connectivity index (χ2n) is 6.20. The molecule has 1 aliphatic carbocycles. The fourth-order valence-corrected chi connectivity index (χ4v) is 3.60. The lowest BCUT2D eigenvalue weighted by atomic mass is 9.83. The van der Waals surface area contributed by atoms with Gasteiger partial charge in [-0.3, -0.25) is 0 Å². The maximum atomic E-state index is 11.4. The fourth-order valence-electron chi connectivity index (χ4n) is 3.06. The molecule has 0 aromatic heterocycles. The number of hydrogen-bond acceptors (Lipinski definition) is 3. The van der Waals surface area contributed by atoms with Crippen LogP contribution in [-0.2, 0) is 10.0 Å². The SMILES string of the molecule is CC1=CC(C)CC(CNc2cc(S(N)(=O)=O)ccc2C)C1. The van der Waals surface area contributed by atoms with E-state index in [1.807, 2.05) is 6.92 Å². The molecule has 0 fully saturated rings. The van der Waals surface area contributed by atoms with Gasteiger partial charge in [-0.15, -0.1) is 0 Å². The third-order valence-corrected chi connectivity index (χ3v) is 4.91. The van der Waals surface area contributed by atoms with Gasteiger partial charge in [0.2, 0.25) is 10.0 Å². The fraction of sp³-hybridized carbons (Fsp3) is 0.500. The van der Waals surface area contributed by atoms with Gasteiger partial charge in [0.05, 0.1) is 4.90 Å². The number of aryl methyl sites for hydroxylation is 1. The van der Waals surface area contributed by atoms with Gasteiger partial charge < -0.3 is 5.32 Å². The summed E-state index contributed by atoms with van der Waals surface area (Å²) in [5.74, 6) is 1.20. The predicted molar refractivity (Wildman–Crippen MR) is 86.7 cm³/mol. The molecular formula is C16H24N2O2S. The van der Waals surface area contributed by atoms with E-state index in [-0.39, 0.29) is 4.90 Å². The molecule has 1 aromatic carbocycles. The molecule has 2 unspecified atom stereocenters. The lowest BCUT2D eigenvalue weighted by molar-refractivity contribution is 0.421. The summed E-state index contributed by atoms with van der Waals surface area (Å²) < 4.78 is 22.9. The number of nitrogens with two attached hydrogens (primary N) is 1. The standard InChI is InChI=1S/C16H24N2O2S/c1-11-6-12(2)8-14(7-11)10-18-16-9-15(21(17,19)20)5-4-13(16)3/h4-6,9,11,14,18H,7-8,10H2,1-3H3,(H2,17,19,20). The molecule has 21 heavy (non-hydrogen) atoms. The van der Waals surface area contributed by atoms with Crippen LogP contribution < -0.4 is 10.5 Å². The first-order valence-corrected chi connectivity index (χ1v) is 8.85. The first kappa shape index (κ1) is 16.0. The minimum Gasteiger partial charge on any atom is -0.385 e. The van der Waals surface area contributed by atoms with Crippen molar-refractivity contribution in [3.05, 3.63) is 35.4 Å². The Bertz CT molecular complexity index is 650. The molecule has 5 heteroatoms. The molecule has 2 rings (SSSR count). The van der Waals surface area contributed by atoms with Gasteiger partial charge in [0.1, 0.15) is 0 Å². The van der Waals surface area contributed by atoms with Crippen molar-refractivity contribution in [2.24, 2.45) is 17.0 Å². The number of hydrogen-bond donors (Lipinski definition) is 2. The third-order valence-electron chi connectivity index (χ3n) is 4.00. The highest BCUT2D eigenvalue weighted by Crippen LogP contribution is 2.28. The van der Waals surface area contributed by atoms with Crippen molar-refractivity contribution in [3.8, 4) is 0 Å². The van der Waals surface area contributed by atoms with Crippen LogP contribution in [0.2, 0.25) is 0 Å². The maximum Gasteiger partial charge on any atom is 0.238 e. The Labute approximate surface area is 127 Å². The molecule has 0 amide bonds. The van der Waals surface area contributed by atoms with Crippen LogP contribution in [0.4, 0.5) is 5.69 Å². The Hall–Kier alpha value is -1.33. The highest BCUT2D eigenvalue weighted by molar-refractivity contribution is 7.89. The van der Waals surface area contributed by atoms with Crippen molar-refractivity contribution in [3.63, 3.8) is 0 Å². The summed E-state index contributed by atoms with van der Waals surface area (Å²) in [5.41, 5.74) is 3.32. The molecule has 0 radical (unpaired) electrons. The van der Waals surface area contributed by atoms with E-state index in [9.17, 15) is 8.42 Å². The largest absolute Gasteiger partial charge is 0.385 e. The summed E-state index contributed by atoms with van der Waals surface area (Å²) >= 11 is 0. The highest BCUT2D eigenvalue weighted by atomic mass is 32.2. The van der Waals surface area contributed by atoms with Gasteiger partial charge in [0, 0.05) is 12.2 Å². The first-order chi connectivity index (χ1) is 9.75. The van der Waals surface area contributed by atoms with Crippen molar-refractivity contribution >= 4 is 15.7 Å². The van der Waals surface area contributed by atoms with Crippen molar-refractivity contribution < 1.29 is 8.42 Å². The van der Waals surface area contributed by atoms with Gasteiger partial charge in [0.15, 0.2) is 0 Å². The molecule has 0 saturated carbocycles. The maximum absolute atomic E-state index is 11.4. The normalized spacial score (nSPS) is 22.8. The zero-order chi connectivity index (χ0) is 15.6. The minimum absolute atomic E-state index is 0.156. The first-order valence-electron chi connectivity index (χ1n) is 7.30. The summed E-state index contributed by atoms with van der Waals surface area (Å²) in [6.45, 7) is 7.23. The zero-order valence-electron chi connectivity index (χ0n) is 12.9. The Morgan fingerprint density at radius 3 is 2.67 bits per heavy atom. The Morgan fingerprint density at radius 1 is 1.33 bits per heavy atom. The minimum atomic E-state index is -3.65. The number of sulfonamides is 1. The number of benzene rings is 1. The van der Waals surface area contributed by atoms with Gasteiger partial charge in [-0.1, -0.05) is 24.6 Å². The number of anilines is 1. The lowest BCUT2D eigenvalue weighted by Gasteiger charge is -2.26. The second kappa shape index (κ2) is 6.20. The quantitative estimate of drug-likeness (QED) is 0.840. The molecule has 0 bridgehead atoms. The zero-order valence-corrected chi connectivity index (χ0v) is 13.7. The van der Waals surface area contributed by atoms with Crippen LogP contribution in [0.3, 0.4) is 0 Å².